The second kappa shape index (κ2) is 10.7. The Morgan fingerprint density at radius 3 is 2.70 bits per heavy atom. The Morgan fingerprint density at radius 1 is 1.37 bits per heavy atom. The molecule has 1 saturated heterocycles. The third-order valence-corrected chi connectivity index (χ3v) is 5.05. The van der Waals surface area contributed by atoms with Crippen molar-refractivity contribution in [2.24, 2.45) is 12.0 Å². The van der Waals surface area contributed by atoms with Crippen LogP contribution in [0, 0.1) is 5.82 Å². The molecule has 2 aromatic rings. The number of aromatic nitrogens is 2. The van der Waals surface area contributed by atoms with Gasteiger partial charge in [0, 0.05) is 39.9 Å². The molecule has 1 amide bonds. The molecular formula is C20H29FIN7O. The van der Waals surface area contributed by atoms with Crippen LogP contribution < -0.4 is 10.2 Å². The molecule has 30 heavy (non-hydrogen) atoms. The first-order valence-electron chi connectivity index (χ1n) is 9.55. The van der Waals surface area contributed by atoms with Crippen LogP contribution in [0.4, 0.5) is 10.1 Å². The van der Waals surface area contributed by atoms with E-state index in [1.165, 1.54) is 6.07 Å². The van der Waals surface area contributed by atoms with Gasteiger partial charge >= 0.3 is 0 Å². The average molecular weight is 529 g/mol. The number of rotatable bonds is 5. The molecule has 2 heterocycles. The van der Waals surface area contributed by atoms with E-state index in [4.69, 9.17) is 0 Å². The van der Waals surface area contributed by atoms with Gasteiger partial charge in [-0.2, -0.15) is 5.10 Å². The van der Waals surface area contributed by atoms with Crippen molar-refractivity contribution in [2.75, 3.05) is 52.2 Å². The highest BCUT2D eigenvalue weighted by molar-refractivity contribution is 14.0. The van der Waals surface area contributed by atoms with Crippen molar-refractivity contribution in [2.45, 2.75) is 6.04 Å². The van der Waals surface area contributed by atoms with Crippen LogP contribution >= 0.6 is 24.0 Å². The number of hydrogen-bond acceptors (Lipinski definition) is 4. The SMILES string of the molecule is CN=C(NCC(c1cccc(F)c1)N(C)C)N1CCN(c2cnn(C)c2)C(=O)C1.I. The lowest BCUT2D eigenvalue weighted by Gasteiger charge is -2.36. The van der Waals surface area contributed by atoms with Crippen LogP contribution in [-0.4, -0.2) is 78.8 Å². The van der Waals surface area contributed by atoms with Crippen LogP contribution in [0.2, 0.25) is 0 Å². The molecule has 1 aromatic heterocycles. The fourth-order valence-corrected chi connectivity index (χ4v) is 3.51. The van der Waals surface area contributed by atoms with E-state index in [0.717, 1.165) is 11.3 Å². The van der Waals surface area contributed by atoms with E-state index < -0.39 is 0 Å². The van der Waals surface area contributed by atoms with Crippen molar-refractivity contribution in [3.05, 3.63) is 48.0 Å². The molecular weight excluding hydrogens is 500 g/mol. The van der Waals surface area contributed by atoms with E-state index in [1.54, 1.807) is 35.0 Å². The fraction of sp³-hybridized carbons (Fsp3) is 0.450. The van der Waals surface area contributed by atoms with Crippen molar-refractivity contribution in [1.29, 1.82) is 0 Å². The number of nitrogens with zero attached hydrogens (tertiary/aromatic N) is 6. The number of halogens is 2. The molecule has 164 valence electrons. The first kappa shape index (κ1) is 24.1. The van der Waals surface area contributed by atoms with Crippen LogP contribution in [0.3, 0.4) is 0 Å². The molecule has 1 aliphatic rings. The van der Waals surface area contributed by atoms with Crippen LogP contribution in [0.5, 0.6) is 0 Å². The maximum absolute atomic E-state index is 13.6. The minimum Gasteiger partial charge on any atom is -0.354 e. The molecule has 0 bridgehead atoms. The summed E-state index contributed by atoms with van der Waals surface area (Å²) in [5.74, 6) is 0.407. The Kier molecular flexibility index (Phi) is 8.59. The van der Waals surface area contributed by atoms with Crippen molar-refractivity contribution in [3.63, 3.8) is 0 Å². The van der Waals surface area contributed by atoms with E-state index in [-0.39, 0.29) is 48.3 Å². The Bertz CT molecular complexity index is 886. The minimum absolute atomic E-state index is 0. The third kappa shape index (κ3) is 5.69. The molecule has 3 rings (SSSR count). The summed E-state index contributed by atoms with van der Waals surface area (Å²) in [7, 11) is 7.44. The van der Waals surface area contributed by atoms with Crippen LogP contribution in [0.15, 0.2) is 41.7 Å². The first-order valence-corrected chi connectivity index (χ1v) is 9.55. The molecule has 1 N–H and O–H groups in total. The molecule has 0 radical (unpaired) electrons. The summed E-state index contributed by atoms with van der Waals surface area (Å²) in [6.07, 6.45) is 3.53. The summed E-state index contributed by atoms with van der Waals surface area (Å²) in [6.45, 7) is 2.00. The Morgan fingerprint density at radius 2 is 2.13 bits per heavy atom. The van der Waals surface area contributed by atoms with Crippen LogP contribution in [0.25, 0.3) is 0 Å². The van der Waals surface area contributed by atoms with Crippen molar-refractivity contribution in [1.82, 2.24) is 24.9 Å². The lowest BCUT2D eigenvalue weighted by molar-refractivity contribution is -0.120. The largest absolute Gasteiger partial charge is 0.354 e. The van der Waals surface area contributed by atoms with Gasteiger partial charge in [0.25, 0.3) is 0 Å². The van der Waals surface area contributed by atoms with E-state index in [9.17, 15) is 9.18 Å². The maximum Gasteiger partial charge on any atom is 0.246 e. The summed E-state index contributed by atoms with van der Waals surface area (Å²) < 4.78 is 15.3. The highest BCUT2D eigenvalue weighted by Gasteiger charge is 2.28. The number of piperazine rings is 1. The smallest absolute Gasteiger partial charge is 0.246 e. The molecule has 0 saturated carbocycles. The monoisotopic (exact) mass is 529 g/mol. The number of hydrogen-bond donors (Lipinski definition) is 1. The molecule has 1 fully saturated rings. The number of aryl methyl sites for hydroxylation is 1. The summed E-state index contributed by atoms with van der Waals surface area (Å²) in [5, 5.41) is 7.48. The number of anilines is 1. The molecule has 1 aliphatic heterocycles. The maximum atomic E-state index is 13.6. The lowest BCUT2D eigenvalue weighted by atomic mass is 10.1. The Hall–Kier alpha value is -2.21. The van der Waals surface area contributed by atoms with Gasteiger partial charge in [-0.1, -0.05) is 12.1 Å². The van der Waals surface area contributed by atoms with Crippen molar-refractivity contribution >= 4 is 41.5 Å². The predicted molar refractivity (Wildman–Crippen MR) is 127 cm³/mol. The summed E-state index contributed by atoms with van der Waals surface area (Å²) >= 11 is 0. The predicted octanol–water partition coefficient (Wildman–Crippen LogP) is 1.70. The normalized spacial score (nSPS) is 15.9. The zero-order valence-electron chi connectivity index (χ0n) is 17.7. The molecule has 1 atom stereocenters. The number of aliphatic imine (C=N–C) groups is 1. The van der Waals surface area contributed by atoms with Gasteiger partial charge in [-0.3, -0.25) is 14.5 Å². The molecule has 1 aromatic carbocycles. The van der Waals surface area contributed by atoms with Crippen LogP contribution in [-0.2, 0) is 11.8 Å². The highest BCUT2D eigenvalue weighted by atomic mass is 127. The summed E-state index contributed by atoms with van der Waals surface area (Å²) in [6, 6.07) is 6.58. The van der Waals surface area contributed by atoms with E-state index in [0.29, 0.717) is 25.6 Å². The summed E-state index contributed by atoms with van der Waals surface area (Å²) in [5.41, 5.74) is 1.69. The van der Waals surface area contributed by atoms with Gasteiger partial charge in [-0.25, -0.2) is 4.39 Å². The third-order valence-electron chi connectivity index (χ3n) is 5.05. The van der Waals surface area contributed by atoms with E-state index >= 15 is 0 Å². The minimum atomic E-state index is -0.254. The molecule has 8 nitrogen and oxygen atoms in total. The highest BCUT2D eigenvalue weighted by Crippen LogP contribution is 2.19. The number of nitrogens with one attached hydrogen (secondary N) is 1. The zero-order chi connectivity index (χ0) is 21.0. The van der Waals surface area contributed by atoms with Crippen molar-refractivity contribution in [3.8, 4) is 0 Å². The number of guanidine groups is 1. The quantitative estimate of drug-likeness (QED) is 0.363. The first-order chi connectivity index (χ1) is 13.9. The van der Waals surface area contributed by atoms with Gasteiger partial charge < -0.3 is 20.0 Å². The molecule has 0 aliphatic carbocycles. The van der Waals surface area contributed by atoms with Gasteiger partial charge in [-0.15, -0.1) is 24.0 Å². The van der Waals surface area contributed by atoms with Gasteiger partial charge in [0.1, 0.15) is 12.4 Å². The fourth-order valence-electron chi connectivity index (χ4n) is 3.51. The van der Waals surface area contributed by atoms with Crippen molar-refractivity contribution < 1.29 is 9.18 Å². The lowest BCUT2D eigenvalue weighted by Crippen LogP contribution is -2.56. The zero-order valence-corrected chi connectivity index (χ0v) is 20.1. The second-order valence-electron chi connectivity index (χ2n) is 7.30. The topological polar surface area (TPSA) is 69.0 Å². The van der Waals surface area contributed by atoms with Crippen LogP contribution in [0.1, 0.15) is 11.6 Å². The molecule has 10 heteroatoms. The number of carbonyl (C=O) groups is 1. The summed E-state index contributed by atoms with van der Waals surface area (Å²) in [4.78, 5) is 22.7. The molecule has 0 spiro atoms. The van der Waals surface area contributed by atoms with E-state index in [2.05, 4.69) is 15.4 Å². The number of carbonyl (C=O) groups excluding carboxylic acids is 1. The van der Waals surface area contributed by atoms with E-state index in [1.807, 2.05) is 43.2 Å². The Balaban J connectivity index is 0.00000320. The van der Waals surface area contributed by atoms with Gasteiger partial charge in [0.05, 0.1) is 17.9 Å². The van der Waals surface area contributed by atoms with Gasteiger partial charge in [0.2, 0.25) is 5.91 Å². The number of likely N-dealkylation sites (N-methyl/N-ethyl adjacent to an activating group) is 1. The molecule has 1 unspecified atom stereocenters. The average Bonchev–Trinajstić information content (AvgIpc) is 3.11. The van der Waals surface area contributed by atoms with Gasteiger partial charge in [0.15, 0.2) is 5.96 Å². The van der Waals surface area contributed by atoms with Gasteiger partial charge in [-0.05, 0) is 31.8 Å². The number of benzene rings is 1. The Labute approximate surface area is 193 Å². The standard InChI is InChI=1S/C20H28FN7O.HI/c1-22-20(23-12-18(25(2)3)15-6-5-7-16(21)10-15)27-8-9-28(19(29)14-27)17-11-24-26(4)13-17;/h5-7,10-11,13,18H,8-9,12,14H2,1-4H3,(H,22,23);1H. The number of amides is 1. The second-order valence-corrected chi connectivity index (χ2v) is 7.30.